The van der Waals surface area contributed by atoms with Crippen LogP contribution in [0.15, 0.2) is 58.9 Å². The average Bonchev–Trinajstić information content (AvgIpc) is 3.23. The van der Waals surface area contributed by atoms with Crippen molar-refractivity contribution in [2.45, 2.75) is 45.3 Å². The second-order valence-corrected chi connectivity index (χ2v) is 9.48. The summed E-state index contributed by atoms with van der Waals surface area (Å²) >= 11 is 1.55. The van der Waals surface area contributed by atoms with Crippen LogP contribution in [0, 0.1) is 6.92 Å². The van der Waals surface area contributed by atoms with Crippen LogP contribution in [0.1, 0.15) is 44.4 Å². The molecule has 0 aliphatic carbocycles. The first-order valence-corrected chi connectivity index (χ1v) is 12.7. The van der Waals surface area contributed by atoms with Crippen LogP contribution >= 0.6 is 11.8 Å². The molecular weight excluding hydrogens is 462 g/mol. The highest BCUT2D eigenvalue weighted by Gasteiger charge is 2.35. The Hall–Kier alpha value is -3.46. The number of hydrogen-bond donors (Lipinski definition) is 2. The molecule has 0 saturated heterocycles. The predicted molar refractivity (Wildman–Crippen MR) is 139 cm³/mol. The molecule has 0 saturated carbocycles. The van der Waals surface area contributed by atoms with Crippen LogP contribution in [0.2, 0.25) is 0 Å². The minimum Gasteiger partial charge on any atom is -0.493 e. The number of amides is 1. The van der Waals surface area contributed by atoms with Crippen molar-refractivity contribution in [3.63, 3.8) is 0 Å². The van der Waals surface area contributed by atoms with Crippen LogP contribution in [-0.2, 0) is 4.79 Å². The Morgan fingerprint density at radius 1 is 1.17 bits per heavy atom. The van der Waals surface area contributed by atoms with Crippen LogP contribution < -0.4 is 20.1 Å². The summed E-state index contributed by atoms with van der Waals surface area (Å²) in [5, 5.41) is 11.7. The molecule has 184 valence electrons. The molecule has 1 atom stereocenters. The van der Waals surface area contributed by atoms with Gasteiger partial charge in [-0.15, -0.1) is 5.10 Å². The van der Waals surface area contributed by atoms with Crippen molar-refractivity contribution in [3.05, 3.63) is 64.9 Å². The summed E-state index contributed by atoms with van der Waals surface area (Å²) in [6.07, 6.45) is 0.893. The van der Waals surface area contributed by atoms with Crippen molar-refractivity contribution >= 4 is 29.3 Å². The Labute approximate surface area is 210 Å². The van der Waals surface area contributed by atoms with Gasteiger partial charge in [0.25, 0.3) is 5.91 Å². The quantitative estimate of drug-likeness (QED) is 0.385. The van der Waals surface area contributed by atoms with E-state index in [1.165, 1.54) is 0 Å². The molecule has 1 amide bonds. The first kappa shape index (κ1) is 24.7. The van der Waals surface area contributed by atoms with Crippen LogP contribution in [0.5, 0.6) is 11.5 Å². The third-order valence-corrected chi connectivity index (χ3v) is 6.31. The van der Waals surface area contributed by atoms with Crippen molar-refractivity contribution in [3.8, 4) is 11.5 Å². The number of fused-ring (bicyclic) bond motifs is 1. The smallest absolute Gasteiger partial charge is 0.255 e. The molecule has 3 aromatic rings. The maximum Gasteiger partial charge on any atom is 0.255 e. The maximum absolute atomic E-state index is 13.6. The van der Waals surface area contributed by atoms with E-state index in [1.54, 1.807) is 23.6 Å². The van der Waals surface area contributed by atoms with Gasteiger partial charge in [-0.2, -0.15) is 4.98 Å². The number of nitrogens with one attached hydrogen (secondary N) is 2. The zero-order chi connectivity index (χ0) is 24.9. The van der Waals surface area contributed by atoms with Crippen LogP contribution in [-0.4, -0.2) is 40.1 Å². The van der Waals surface area contributed by atoms with E-state index in [1.807, 2.05) is 56.3 Å². The SMILES string of the molecule is CCCOc1ccc(C2C(C(=O)Nc3cccc(C)c3)=C(C)Nc3nc(SCC)nn32)cc1OC. The third-order valence-electron chi connectivity index (χ3n) is 5.59. The molecule has 1 aromatic heterocycles. The van der Waals surface area contributed by atoms with Gasteiger partial charge >= 0.3 is 0 Å². The van der Waals surface area contributed by atoms with Crippen molar-refractivity contribution in [2.24, 2.45) is 0 Å². The van der Waals surface area contributed by atoms with E-state index in [9.17, 15) is 4.79 Å². The topological polar surface area (TPSA) is 90.3 Å². The number of anilines is 2. The fourth-order valence-electron chi connectivity index (χ4n) is 4.03. The maximum atomic E-state index is 13.6. The zero-order valence-electron chi connectivity index (χ0n) is 20.7. The summed E-state index contributed by atoms with van der Waals surface area (Å²) in [6.45, 7) is 8.59. The Bertz CT molecular complexity index is 1250. The highest BCUT2D eigenvalue weighted by Crippen LogP contribution is 2.39. The van der Waals surface area contributed by atoms with Gasteiger partial charge in [-0.05, 0) is 61.4 Å². The lowest BCUT2D eigenvalue weighted by atomic mass is 9.94. The molecule has 0 spiro atoms. The fourth-order valence-corrected chi connectivity index (χ4v) is 4.59. The Morgan fingerprint density at radius 2 is 2.00 bits per heavy atom. The lowest BCUT2D eigenvalue weighted by Gasteiger charge is -2.29. The number of rotatable bonds is 9. The minimum atomic E-state index is -0.496. The van der Waals surface area contributed by atoms with Crippen LogP contribution in [0.25, 0.3) is 0 Å². The molecule has 0 bridgehead atoms. The molecule has 1 unspecified atom stereocenters. The van der Waals surface area contributed by atoms with E-state index in [0.29, 0.717) is 34.8 Å². The van der Waals surface area contributed by atoms with Gasteiger partial charge in [0, 0.05) is 11.4 Å². The molecule has 0 radical (unpaired) electrons. The number of aromatic nitrogens is 3. The van der Waals surface area contributed by atoms with Crippen molar-refractivity contribution in [1.29, 1.82) is 0 Å². The van der Waals surface area contributed by atoms with Crippen LogP contribution in [0.3, 0.4) is 0 Å². The molecule has 1 aliphatic heterocycles. The summed E-state index contributed by atoms with van der Waals surface area (Å²) in [5.74, 6) is 2.51. The molecular formula is C26H31N5O3S. The van der Waals surface area contributed by atoms with Gasteiger partial charge in [-0.1, -0.05) is 43.8 Å². The van der Waals surface area contributed by atoms with Gasteiger partial charge in [-0.25, -0.2) is 4.68 Å². The zero-order valence-corrected chi connectivity index (χ0v) is 21.5. The highest BCUT2D eigenvalue weighted by atomic mass is 32.2. The van der Waals surface area contributed by atoms with E-state index in [4.69, 9.17) is 14.6 Å². The normalized spacial score (nSPS) is 14.8. The largest absolute Gasteiger partial charge is 0.493 e. The van der Waals surface area contributed by atoms with Gasteiger partial charge in [0.05, 0.1) is 19.3 Å². The molecule has 35 heavy (non-hydrogen) atoms. The summed E-state index contributed by atoms with van der Waals surface area (Å²) in [4.78, 5) is 18.3. The summed E-state index contributed by atoms with van der Waals surface area (Å²) < 4.78 is 13.2. The standard InChI is InChI=1S/C26H31N5O3S/c1-6-13-34-20-12-11-18(15-21(20)33-5)23-22(24(32)28-19-10-8-9-16(3)14-19)17(4)27-25-29-26(35-7-2)30-31(23)25/h8-12,14-15,23H,6-7,13H2,1-5H3,(H,28,32)(H,27,29,30). The Morgan fingerprint density at radius 3 is 2.71 bits per heavy atom. The van der Waals surface area contributed by atoms with Gasteiger partial charge in [0.2, 0.25) is 11.1 Å². The Balaban J connectivity index is 1.79. The number of benzene rings is 2. The first-order valence-electron chi connectivity index (χ1n) is 11.7. The van der Waals surface area contributed by atoms with Gasteiger partial charge in [0.1, 0.15) is 6.04 Å². The predicted octanol–water partition coefficient (Wildman–Crippen LogP) is 5.42. The third kappa shape index (κ3) is 5.30. The lowest BCUT2D eigenvalue weighted by Crippen LogP contribution is -2.31. The van der Waals surface area contributed by atoms with E-state index in [-0.39, 0.29) is 5.91 Å². The molecule has 0 fully saturated rings. The minimum absolute atomic E-state index is 0.207. The monoisotopic (exact) mass is 493 g/mol. The molecule has 2 heterocycles. The molecule has 2 aromatic carbocycles. The van der Waals surface area contributed by atoms with Gasteiger partial charge in [0.15, 0.2) is 11.5 Å². The lowest BCUT2D eigenvalue weighted by molar-refractivity contribution is -0.113. The molecule has 4 rings (SSSR count). The first-order chi connectivity index (χ1) is 16.9. The number of carbonyl (C=O) groups is 1. The number of ether oxygens (including phenoxy) is 2. The second kappa shape index (κ2) is 10.9. The summed E-state index contributed by atoms with van der Waals surface area (Å²) in [6, 6.07) is 13.0. The number of methoxy groups -OCH3 is 1. The molecule has 8 nitrogen and oxygen atoms in total. The number of allylic oxidation sites excluding steroid dienone is 1. The fraction of sp³-hybridized carbons (Fsp3) is 0.346. The number of nitrogens with zero attached hydrogens (tertiary/aromatic N) is 3. The molecule has 2 N–H and O–H groups in total. The second-order valence-electron chi connectivity index (χ2n) is 8.24. The number of thioether (sulfide) groups is 1. The van der Waals surface area contributed by atoms with E-state index in [2.05, 4.69) is 29.5 Å². The molecule has 9 heteroatoms. The Kier molecular flexibility index (Phi) is 7.65. The van der Waals surface area contributed by atoms with Crippen molar-refractivity contribution < 1.29 is 14.3 Å². The number of aryl methyl sites for hydroxylation is 1. The van der Waals surface area contributed by atoms with Crippen molar-refractivity contribution in [2.75, 3.05) is 30.1 Å². The summed E-state index contributed by atoms with van der Waals surface area (Å²) in [7, 11) is 1.61. The summed E-state index contributed by atoms with van der Waals surface area (Å²) in [5.41, 5.74) is 3.93. The average molecular weight is 494 g/mol. The van der Waals surface area contributed by atoms with Gasteiger partial charge < -0.3 is 20.1 Å². The van der Waals surface area contributed by atoms with E-state index < -0.39 is 6.04 Å². The van der Waals surface area contributed by atoms with E-state index in [0.717, 1.165) is 34.7 Å². The number of carbonyl (C=O) groups excluding carboxylic acids is 1. The van der Waals surface area contributed by atoms with Gasteiger partial charge in [-0.3, -0.25) is 4.79 Å². The number of hydrogen-bond acceptors (Lipinski definition) is 7. The van der Waals surface area contributed by atoms with Crippen molar-refractivity contribution in [1.82, 2.24) is 14.8 Å². The molecule has 1 aliphatic rings. The van der Waals surface area contributed by atoms with Crippen LogP contribution in [0.4, 0.5) is 11.6 Å². The highest BCUT2D eigenvalue weighted by molar-refractivity contribution is 7.99. The van der Waals surface area contributed by atoms with E-state index >= 15 is 0 Å².